The maximum atomic E-state index is 12.3. The predicted octanol–water partition coefficient (Wildman–Crippen LogP) is 2.96. The first-order chi connectivity index (χ1) is 7.92. The fourth-order valence-electron chi connectivity index (χ4n) is 1.45. The normalized spacial score (nSPS) is 20.2. The van der Waals surface area contributed by atoms with E-state index in [1.165, 1.54) is 0 Å². The van der Waals surface area contributed by atoms with Gasteiger partial charge in [-0.05, 0) is 30.7 Å². The summed E-state index contributed by atoms with van der Waals surface area (Å²) in [6.07, 6.45) is -3.77. The third-order valence-corrected chi connectivity index (χ3v) is 4.30. The summed E-state index contributed by atoms with van der Waals surface area (Å²) in [7, 11) is -3.41. The Hall–Kier alpha value is -0.840. The van der Waals surface area contributed by atoms with Crippen LogP contribution in [-0.4, -0.2) is 13.2 Å². The van der Waals surface area contributed by atoms with Crippen LogP contribution < -0.4 is 5.30 Å². The zero-order chi connectivity index (χ0) is 12.5. The Labute approximate surface area is 96.1 Å². The third-order valence-electron chi connectivity index (χ3n) is 2.32. The summed E-state index contributed by atoms with van der Waals surface area (Å²) in [6, 6.07) is 4.01. The number of benzene rings is 1. The van der Waals surface area contributed by atoms with E-state index in [9.17, 15) is 17.7 Å². The van der Waals surface area contributed by atoms with Crippen LogP contribution in [0.4, 0.5) is 13.2 Å². The molecule has 1 heterocycles. The fraction of sp³-hybridized carbons (Fsp3) is 0.400. The Morgan fingerprint density at radius 2 is 1.59 bits per heavy atom. The summed E-state index contributed by atoms with van der Waals surface area (Å²) < 4.78 is 59.1. The fourth-order valence-corrected chi connectivity index (χ4v) is 3.07. The van der Waals surface area contributed by atoms with Gasteiger partial charge < -0.3 is 9.05 Å². The van der Waals surface area contributed by atoms with Gasteiger partial charge in [-0.3, -0.25) is 4.57 Å². The molecule has 0 aromatic heterocycles. The largest absolute Gasteiger partial charge is 0.416 e. The molecule has 1 aliphatic heterocycles. The molecular formula is C10H10F3O3P. The van der Waals surface area contributed by atoms with E-state index in [4.69, 9.17) is 9.05 Å². The topological polar surface area (TPSA) is 35.5 Å². The first kappa shape index (κ1) is 12.6. The van der Waals surface area contributed by atoms with Gasteiger partial charge in [-0.1, -0.05) is 0 Å². The van der Waals surface area contributed by atoms with E-state index in [1.807, 2.05) is 0 Å². The van der Waals surface area contributed by atoms with Crippen molar-refractivity contribution < 1.29 is 26.8 Å². The highest BCUT2D eigenvalue weighted by molar-refractivity contribution is 7.62. The second kappa shape index (κ2) is 4.44. The first-order valence-electron chi connectivity index (χ1n) is 4.99. The lowest BCUT2D eigenvalue weighted by Crippen LogP contribution is -2.17. The minimum atomic E-state index is -4.40. The van der Waals surface area contributed by atoms with Crippen LogP contribution in [0.15, 0.2) is 24.3 Å². The van der Waals surface area contributed by atoms with Gasteiger partial charge in [0.1, 0.15) is 0 Å². The molecule has 7 heteroatoms. The van der Waals surface area contributed by atoms with Crippen molar-refractivity contribution in [3.05, 3.63) is 29.8 Å². The van der Waals surface area contributed by atoms with Gasteiger partial charge in [0.25, 0.3) is 0 Å². The number of hydrogen-bond donors (Lipinski definition) is 0. The number of rotatable bonds is 1. The van der Waals surface area contributed by atoms with Crippen LogP contribution in [0.5, 0.6) is 0 Å². The molecular weight excluding hydrogens is 256 g/mol. The smallest absolute Gasteiger partial charge is 0.305 e. The molecule has 0 saturated carbocycles. The average molecular weight is 266 g/mol. The molecule has 1 saturated heterocycles. The molecule has 2 rings (SSSR count). The number of alkyl halides is 3. The average Bonchev–Trinajstić information content (AvgIpc) is 2.29. The summed E-state index contributed by atoms with van der Waals surface area (Å²) >= 11 is 0. The highest BCUT2D eigenvalue weighted by atomic mass is 31.2. The predicted molar refractivity (Wildman–Crippen MR) is 55.2 cm³/mol. The molecule has 1 aromatic carbocycles. The maximum Gasteiger partial charge on any atom is 0.416 e. The lowest BCUT2D eigenvalue weighted by molar-refractivity contribution is -0.137. The molecule has 1 aliphatic rings. The maximum absolute atomic E-state index is 12.3. The monoisotopic (exact) mass is 266 g/mol. The Morgan fingerprint density at radius 1 is 1.06 bits per heavy atom. The van der Waals surface area contributed by atoms with Crippen molar-refractivity contribution in [2.45, 2.75) is 12.6 Å². The van der Waals surface area contributed by atoms with Crippen molar-refractivity contribution in [3.8, 4) is 0 Å². The van der Waals surface area contributed by atoms with E-state index in [2.05, 4.69) is 0 Å². The second-order valence-corrected chi connectivity index (χ2v) is 5.59. The summed E-state index contributed by atoms with van der Waals surface area (Å²) in [6.45, 7) is 0.580. The Balaban J connectivity index is 2.26. The summed E-state index contributed by atoms with van der Waals surface area (Å²) in [4.78, 5) is 0. The van der Waals surface area contributed by atoms with Gasteiger partial charge in [0.15, 0.2) is 0 Å². The highest BCUT2D eigenvalue weighted by Gasteiger charge is 2.33. The standard InChI is InChI=1S/C10H10F3O3P/c11-10(12,13)8-2-4-9(5-3-8)17(14)15-6-1-7-16-17/h2-5H,1,6-7H2. The van der Waals surface area contributed by atoms with Crippen LogP contribution in [0.3, 0.4) is 0 Å². The molecule has 0 N–H and O–H groups in total. The van der Waals surface area contributed by atoms with Crippen molar-refractivity contribution in [1.82, 2.24) is 0 Å². The molecule has 3 nitrogen and oxygen atoms in total. The molecule has 1 aromatic rings. The van der Waals surface area contributed by atoms with Crippen molar-refractivity contribution in [1.29, 1.82) is 0 Å². The quantitative estimate of drug-likeness (QED) is 0.733. The molecule has 0 radical (unpaired) electrons. The zero-order valence-corrected chi connectivity index (χ0v) is 9.63. The third kappa shape index (κ3) is 2.70. The van der Waals surface area contributed by atoms with Crippen LogP contribution in [-0.2, 0) is 19.8 Å². The summed E-state index contributed by atoms with van der Waals surface area (Å²) in [5.41, 5.74) is -0.787. The highest BCUT2D eigenvalue weighted by Crippen LogP contribution is 2.49. The van der Waals surface area contributed by atoms with Crippen LogP contribution in [0, 0.1) is 0 Å². The van der Waals surface area contributed by atoms with E-state index in [0.717, 1.165) is 24.3 Å². The minimum absolute atomic E-state index is 0.158. The van der Waals surface area contributed by atoms with Gasteiger partial charge in [0.2, 0.25) is 0 Å². The molecule has 0 aliphatic carbocycles. The van der Waals surface area contributed by atoms with Crippen LogP contribution >= 0.6 is 7.60 Å². The lowest BCUT2D eigenvalue weighted by Gasteiger charge is -2.23. The van der Waals surface area contributed by atoms with Crippen LogP contribution in [0.1, 0.15) is 12.0 Å². The van der Waals surface area contributed by atoms with Gasteiger partial charge in [0.05, 0.1) is 24.1 Å². The van der Waals surface area contributed by atoms with E-state index < -0.39 is 19.3 Å². The Bertz CT molecular complexity index is 431. The molecule has 1 fully saturated rings. The van der Waals surface area contributed by atoms with Gasteiger partial charge in [-0.25, -0.2) is 0 Å². The molecule has 0 spiro atoms. The second-order valence-electron chi connectivity index (χ2n) is 3.56. The van der Waals surface area contributed by atoms with E-state index >= 15 is 0 Å². The van der Waals surface area contributed by atoms with Gasteiger partial charge in [-0.2, -0.15) is 13.2 Å². The molecule has 0 amide bonds. The van der Waals surface area contributed by atoms with E-state index in [1.54, 1.807) is 0 Å². The van der Waals surface area contributed by atoms with Gasteiger partial charge in [-0.15, -0.1) is 0 Å². The van der Waals surface area contributed by atoms with Crippen LogP contribution in [0.2, 0.25) is 0 Å². The minimum Gasteiger partial charge on any atom is -0.305 e. The lowest BCUT2D eigenvalue weighted by atomic mass is 10.2. The van der Waals surface area contributed by atoms with Crippen molar-refractivity contribution >= 4 is 12.9 Å². The van der Waals surface area contributed by atoms with E-state index in [0.29, 0.717) is 6.42 Å². The van der Waals surface area contributed by atoms with E-state index in [-0.39, 0.29) is 18.5 Å². The molecule has 0 bridgehead atoms. The summed E-state index contributed by atoms with van der Waals surface area (Å²) in [5.74, 6) is 0. The molecule has 0 atom stereocenters. The summed E-state index contributed by atoms with van der Waals surface area (Å²) in [5, 5.41) is 0.158. The zero-order valence-electron chi connectivity index (χ0n) is 8.74. The van der Waals surface area contributed by atoms with Crippen molar-refractivity contribution in [3.63, 3.8) is 0 Å². The van der Waals surface area contributed by atoms with Gasteiger partial charge in [0, 0.05) is 0 Å². The van der Waals surface area contributed by atoms with Gasteiger partial charge >= 0.3 is 13.8 Å². The number of halogens is 3. The van der Waals surface area contributed by atoms with Crippen molar-refractivity contribution in [2.75, 3.05) is 13.2 Å². The Morgan fingerprint density at radius 3 is 2.06 bits per heavy atom. The first-order valence-corrected chi connectivity index (χ1v) is 6.53. The Kier molecular flexibility index (Phi) is 3.30. The molecule has 0 unspecified atom stereocenters. The number of hydrogen-bond acceptors (Lipinski definition) is 3. The SMILES string of the molecule is O=P1(c2ccc(C(F)(F)F)cc2)OCCCO1. The molecule has 17 heavy (non-hydrogen) atoms. The van der Waals surface area contributed by atoms with Crippen LogP contribution in [0.25, 0.3) is 0 Å². The van der Waals surface area contributed by atoms with Crippen molar-refractivity contribution in [2.24, 2.45) is 0 Å². The molecule has 94 valence electrons.